The number of hydrogen-bond acceptors (Lipinski definition) is 4. The largest absolute Gasteiger partial charge is 0.322 e. The Morgan fingerprint density at radius 1 is 1.57 bits per heavy atom. The Labute approximate surface area is 121 Å². The van der Waals surface area contributed by atoms with Crippen LogP contribution in [0.1, 0.15) is 26.2 Å². The standard InChI is InChI=1S/C14H18FN3O3/c1-2-9-5-6-16-13(7-9)14(19)17-12-8-10(18(20)21)3-4-11(12)15/h3-4,8-9,13,16H,2,5-7H2,1H3,(H,17,19). The van der Waals surface area contributed by atoms with Crippen LogP contribution < -0.4 is 10.6 Å². The van der Waals surface area contributed by atoms with Crippen molar-refractivity contribution >= 4 is 17.3 Å². The maximum Gasteiger partial charge on any atom is 0.271 e. The summed E-state index contributed by atoms with van der Waals surface area (Å²) in [7, 11) is 0. The molecule has 1 heterocycles. The van der Waals surface area contributed by atoms with Crippen molar-refractivity contribution in [2.24, 2.45) is 5.92 Å². The van der Waals surface area contributed by atoms with Crippen molar-refractivity contribution in [3.05, 3.63) is 34.1 Å². The van der Waals surface area contributed by atoms with E-state index in [0.29, 0.717) is 12.3 Å². The van der Waals surface area contributed by atoms with E-state index in [0.717, 1.165) is 37.6 Å². The highest BCUT2D eigenvalue weighted by Gasteiger charge is 2.26. The lowest BCUT2D eigenvalue weighted by molar-refractivity contribution is -0.384. The SMILES string of the molecule is CCC1CCNC(C(=O)Nc2cc([N+](=O)[O-])ccc2F)C1. The number of non-ortho nitro benzene ring substituents is 1. The van der Waals surface area contributed by atoms with Gasteiger partial charge in [0.05, 0.1) is 16.7 Å². The van der Waals surface area contributed by atoms with Crippen LogP contribution in [0.25, 0.3) is 0 Å². The molecule has 2 N–H and O–H groups in total. The van der Waals surface area contributed by atoms with E-state index in [4.69, 9.17) is 0 Å². The molecular formula is C14H18FN3O3. The van der Waals surface area contributed by atoms with E-state index in [1.165, 1.54) is 0 Å². The third kappa shape index (κ3) is 3.75. The summed E-state index contributed by atoms with van der Waals surface area (Å²) < 4.78 is 13.6. The Bertz CT molecular complexity index is 550. The van der Waals surface area contributed by atoms with Crippen molar-refractivity contribution in [3.63, 3.8) is 0 Å². The maximum atomic E-state index is 13.6. The van der Waals surface area contributed by atoms with Gasteiger partial charge in [-0.3, -0.25) is 14.9 Å². The number of nitrogens with zero attached hydrogens (tertiary/aromatic N) is 1. The summed E-state index contributed by atoms with van der Waals surface area (Å²) in [6, 6.07) is 2.70. The van der Waals surface area contributed by atoms with Gasteiger partial charge in [0.2, 0.25) is 5.91 Å². The van der Waals surface area contributed by atoms with Crippen LogP contribution >= 0.6 is 0 Å². The number of benzene rings is 1. The van der Waals surface area contributed by atoms with Gasteiger partial charge in [0.1, 0.15) is 5.82 Å². The van der Waals surface area contributed by atoms with Crippen LogP contribution in [0.4, 0.5) is 15.8 Å². The molecule has 2 rings (SSSR count). The van der Waals surface area contributed by atoms with E-state index in [-0.39, 0.29) is 23.3 Å². The Kier molecular flexibility index (Phi) is 4.85. The zero-order valence-corrected chi connectivity index (χ0v) is 11.8. The Morgan fingerprint density at radius 2 is 2.33 bits per heavy atom. The number of nitro groups is 1. The van der Waals surface area contributed by atoms with Gasteiger partial charge in [0.25, 0.3) is 5.69 Å². The summed E-state index contributed by atoms with van der Waals surface area (Å²) in [5, 5.41) is 16.2. The summed E-state index contributed by atoms with van der Waals surface area (Å²) in [4.78, 5) is 22.2. The van der Waals surface area contributed by atoms with Crippen molar-refractivity contribution in [2.75, 3.05) is 11.9 Å². The molecule has 1 saturated heterocycles. The van der Waals surface area contributed by atoms with Gasteiger partial charge in [-0.15, -0.1) is 0 Å². The molecule has 0 bridgehead atoms. The number of halogens is 1. The van der Waals surface area contributed by atoms with Gasteiger partial charge < -0.3 is 10.6 Å². The summed E-state index contributed by atoms with van der Waals surface area (Å²) in [6.45, 7) is 2.82. The molecule has 0 radical (unpaired) electrons. The highest BCUT2D eigenvalue weighted by molar-refractivity contribution is 5.95. The van der Waals surface area contributed by atoms with Crippen molar-refractivity contribution < 1.29 is 14.1 Å². The molecule has 1 aliphatic rings. The fourth-order valence-electron chi connectivity index (χ4n) is 2.51. The average Bonchev–Trinajstić information content (AvgIpc) is 2.49. The molecule has 114 valence electrons. The number of rotatable bonds is 4. The van der Waals surface area contributed by atoms with Crippen LogP contribution in [0.5, 0.6) is 0 Å². The van der Waals surface area contributed by atoms with E-state index in [2.05, 4.69) is 17.6 Å². The number of piperidine rings is 1. The predicted molar refractivity (Wildman–Crippen MR) is 76.5 cm³/mol. The fraction of sp³-hybridized carbons (Fsp3) is 0.500. The normalized spacial score (nSPS) is 21.8. The first-order valence-electron chi connectivity index (χ1n) is 6.99. The molecule has 0 spiro atoms. The van der Waals surface area contributed by atoms with Gasteiger partial charge in [-0.05, 0) is 31.4 Å². The Morgan fingerprint density at radius 3 is 3.00 bits per heavy atom. The van der Waals surface area contributed by atoms with E-state index in [1.54, 1.807) is 0 Å². The summed E-state index contributed by atoms with van der Waals surface area (Å²) in [5.41, 5.74) is -0.413. The predicted octanol–water partition coefficient (Wildman–Crippen LogP) is 2.45. The first-order chi connectivity index (χ1) is 10.0. The monoisotopic (exact) mass is 295 g/mol. The minimum absolute atomic E-state index is 0.158. The quantitative estimate of drug-likeness (QED) is 0.660. The van der Waals surface area contributed by atoms with Crippen molar-refractivity contribution in [3.8, 4) is 0 Å². The molecule has 6 nitrogen and oxygen atoms in total. The summed E-state index contributed by atoms with van der Waals surface area (Å²) in [6.07, 6.45) is 2.71. The lowest BCUT2D eigenvalue weighted by atomic mass is 9.90. The summed E-state index contributed by atoms with van der Waals surface area (Å²) >= 11 is 0. The number of carbonyl (C=O) groups excluding carboxylic acids is 1. The fourth-order valence-corrected chi connectivity index (χ4v) is 2.51. The number of anilines is 1. The molecule has 2 atom stereocenters. The first kappa shape index (κ1) is 15.4. The third-order valence-electron chi connectivity index (χ3n) is 3.82. The van der Waals surface area contributed by atoms with E-state index >= 15 is 0 Å². The van der Waals surface area contributed by atoms with Crippen LogP contribution in [-0.4, -0.2) is 23.4 Å². The second-order valence-electron chi connectivity index (χ2n) is 5.22. The van der Waals surface area contributed by atoms with Crippen molar-refractivity contribution in [2.45, 2.75) is 32.2 Å². The molecule has 1 fully saturated rings. The van der Waals surface area contributed by atoms with Gasteiger partial charge in [-0.1, -0.05) is 13.3 Å². The first-order valence-corrected chi connectivity index (χ1v) is 6.99. The molecular weight excluding hydrogens is 277 g/mol. The molecule has 1 amide bonds. The molecule has 7 heteroatoms. The molecule has 1 aromatic carbocycles. The summed E-state index contributed by atoms with van der Waals surface area (Å²) in [5.74, 6) is -0.568. The molecule has 2 unspecified atom stereocenters. The molecule has 21 heavy (non-hydrogen) atoms. The second kappa shape index (κ2) is 6.62. The number of nitrogens with one attached hydrogen (secondary N) is 2. The van der Waals surface area contributed by atoms with Crippen LogP contribution in [-0.2, 0) is 4.79 Å². The van der Waals surface area contributed by atoms with Crippen LogP contribution in [0, 0.1) is 21.8 Å². The lowest BCUT2D eigenvalue weighted by Gasteiger charge is -2.28. The second-order valence-corrected chi connectivity index (χ2v) is 5.22. The topological polar surface area (TPSA) is 84.3 Å². The number of nitro benzene ring substituents is 1. The van der Waals surface area contributed by atoms with E-state index in [1.807, 2.05) is 0 Å². The molecule has 0 aromatic heterocycles. The smallest absolute Gasteiger partial charge is 0.271 e. The zero-order valence-electron chi connectivity index (χ0n) is 11.8. The van der Waals surface area contributed by atoms with Gasteiger partial charge in [-0.25, -0.2) is 4.39 Å². The van der Waals surface area contributed by atoms with Crippen LogP contribution in [0.2, 0.25) is 0 Å². The minimum Gasteiger partial charge on any atom is -0.322 e. The van der Waals surface area contributed by atoms with Gasteiger partial charge in [-0.2, -0.15) is 0 Å². The number of carbonyl (C=O) groups is 1. The molecule has 0 aliphatic carbocycles. The lowest BCUT2D eigenvalue weighted by Crippen LogP contribution is -2.46. The van der Waals surface area contributed by atoms with Gasteiger partial charge in [0.15, 0.2) is 0 Å². The number of amides is 1. The van der Waals surface area contributed by atoms with Gasteiger partial charge in [0, 0.05) is 12.1 Å². The highest BCUT2D eigenvalue weighted by atomic mass is 19.1. The van der Waals surface area contributed by atoms with E-state index < -0.39 is 10.7 Å². The average molecular weight is 295 g/mol. The Hall–Kier alpha value is -2.02. The zero-order chi connectivity index (χ0) is 15.4. The number of hydrogen-bond donors (Lipinski definition) is 2. The molecule has 1 aromatic rings. The molecule has 0 saturated carbocycles. The van der Waals surface area contributed by atoms with Crippen molar-refractivity contribution in [1.29, 1.82) is 0 Å². The van der Waals surface area contributed by atoms with Crippen LogP contribution in [0.3, 0.4) is 0 Å². The van der Waals surface area contributed by atoms with Gasteiger partial charge >= 0.3 is 0 Å². The molecule has 1 aliphatic heterocycles. The van der Waals surface area contributed by atoms with Crippen molar-refractivity contribution in [1.82, 2.24) is 5.32 Å². The Balaban J connectivity index is 2.08. The maximum absolute atomic E-state index is 13.6. The third-order valence-corrected chi connectivity index (χ3v) is 3.82. The van der Waals surface area contributed by atoms with E-state index in [9.17, 15) is 19.3 Å². The van der Waals surface area contributed by atoms with Crippen LogP contribution in [0.15, 0.2) is 18.2 Å². The minimum atomic E-state index is -0.684. The highest BCUT2D eigenvalue weighted by Crippen LogP contribution is 2.23.